The maximum absolute atomic E-state index is 9.22. The monoisotopic (exact) mass is 254 g/mol. The summed E-state index contributed by atoms with van der Waals surface area (Å²) in [5.74, 6) is 1.73. The van der Waals surface area contributed by atoms with Crippen molar-refractivity contribution >= 4 is 23.4 Å². The van der Waals surface area contributed by atoms with Gasteiger partial charge in [-0.25, -0.2) is 9.97 Å². The van der Waals surface area contributed by atoms with E-state index in [1.165, 1.54) is 11.8 Å². The van der Waals surface area contributed by atoms with Gasteiger partial charge in [0.25, 0.3) is 0 Å². The summed E-state index contributed by atoms with van der Waals surface area (Å²) < 4.78 is 0. The number of piperidine rings is 1. The number of aliphatic hydroxyl groups excluding tert-OH is 1. The molecule has 1 unspecified atom stereocenters. The number of rotatable bonds is 3. The van der Waals surface area contributed by atoms with E-state index < -0.39 is 0 Å². The van der Waals surface area contributed by atoms with E-state index in [-0.39, 0.29) is 6.61 Å². The van der Waals surface area contributed by atoms with Crippen LogP contribution in [-0.4, -0.2) is 41.0 Å². The number of aromatic nitrogens is 2. The van der Waals surface area contributed by atoms with Crippen molar-refractivity contribution in [3.63, 3.8) is 0 Å². The zero-order chi connectivity index (χ0) is 12.3. The lowest BCUT2D eigenvalue weighted by Gasteiger charge is -2.32. The first kappa shape index (κ1) is 12.4. The van der Waals surface area contributed by atoms with Crippen LogP contribution in [0.2, 0.25) is 0 Å². The lowest BCUT2D eigenvalue weighted by atomic mass is 9.99. The second-order valence-electron chi connectivity index (χ2n) is 4.27. The minimum Gasteiger partial charge on any atom is -0.396 e. The molecule has 0 aliphatic carbocycles. The highest BCUT2D eigenvalue weighted by molar-refractivity contribution is 7.98. The molecule has 3 N–H and O–H groups in total. The van der Waals surface area contributed by atoms with Crippen molar-refractivity contribution in [2.45, 2.75) is 18.0 Å². The molecule has 1 atom stereocenters. The molecule has 6 heteroatoms. The van der Waals surface area contributed by atoms with Crippen molar-refractivity contribution in [3.05, 3.63) is 6.07 Å². The highest BCUT2D eigenvalue weighted by atomic mass is 32.2. The number of hydrogen-bond donors (Lipinski definition) is 2. The Balaban J connectivity index is 2.18. The topological polar surface area (TPSA) is 75.3 Å². The summed E-state index contributed by atoms with van der Waals surface area (Å²) >= 11 is 1.49. The van der Waals surface area contributed by atoms with Crippen LogP contribution < -0.4 is 10.6 Å². The summed E-state index contributed by atoms with van der Waals surface area (Å²) in [5.41, 5.74) is 5.77. The van der Waals surface area contributed by atoms with E-state index in [0.29, 0.717) is 16.9 Å². The molecule has 1 aromatic heterocycles. The van der Waals surface area contributed by atoms with Crippen LogP contribution in [0.1, 0.15) is 12.8 Å². The third-order valence-corrected chi connectivity index (χ3v) is 3.54. The molecule has 2 heterocycles. The lowest BCUT2D eigenvalue weighted by molar-refractivity contribution is 0.208. The molecule has 5 nitrogen and oxygen atoms in total. The maximum Gasteiger partial charge on any atom is 0.191 e. The van der Waals surface area contributed by atoms with E-state index >= 15 is 0 Å². The largest absolute Gasteiger partial charge is 0.396 e. The Morgan fingerprint density at radius 3 is 3.12 bits per heavy atom. The molecule has 2 rings (SSSR count). The second-order valence-corrected chi connectivity index (χ2v) is 5.05. The van der Waals surface area contributed by atoms with Gasteiger partial charge in [-0.15, -0.1) is 0 Å². The van der Waals surface area contributed by atoms with E-state index in [9.17, 15) is 5.11 Å². The van der Waals surface area contributed by atoms with Crippen LogP contribution in [-0.2, 0) is 0 Å². The van der Waals surface area contributed by atoms with Gasteiger partial charge >= 0.3 is 0 Å². The summed E-state index contributed by atoms with van der Waals surface area (Å²) in [6, 6.07) is 1.81. The van der Waals surface area contributed by atoms with Gasteiger partial charge in [-0.3, -0.25) is 0 Å². The molecular formula is C11H18N4OS. The Bertz CT molecular complexity index is 388. The normalized spacial score (nSPS) is 20.6. The fraction of sp³-hybridized carbons (Fsp3) is 0.636. The summed E-state index contributed by atoms with van der Waals surface area (Å²) in [4.78, 5) is 10.8. The minimum absolute atomic E-state index is 0.243. The Hall–Kier alpha value is -1.01. The van der Waals surface area contributed by atoms with Gasteiger partial charge in [-0.2, -0.15) is 0 Å². The highest BCUT2D eigenvalue weighted by Gasteiger charge is 2.20. The summed E-state index contributed by atoms with van der Waals surface area (Å²) in [5, 5.41) is 9.92. The van der Waals surface area contributed by atoms with Gasteiger partial charge in [0.2, 0.25) is 0 Å². The van der Waals surface area contributed by atoms with E-state index in [4.69, 9.17) is 5.73 Å². The zero-order valence-corrected chi connectivity index (χ0v) is 10.8. The number of nitrogens with two attached hydrogens (primary N) is 1. The zero-order valence-electron chi connectivity index (χ0n) is 9.96. The lowest BCUT2D eigenvalue weighted by Crippen LogP contribution is -2.37. The molecule has 0 spiro atoms. The van der Waals surface area contributed by atoms with Gasteiger partial charge in [0, 0.05) is 25.8 Å². The van der Waals surface area contributed by atoms with E-state index in [0.717, 1.165) is 31.7 Å². The maximum atomic E-state index is 9.22. The van der Waals surface area contributed by atoms with Gasteiger partial charge in [0.15, 0.2) is 5.16 Å². The quantitative estimate of drug-likeness (QED) is 0.619. The van der Waals surface area contributed by atoms with Crippen molar-refractivity contribution in [3.8, 4) is 0 Å². The Kier molecular flexibility index (Phi) is 4.06. The van der Waals surface area contributed by atoms with Crippen LogP contribution in [0.4, 0.5) is 11.6 Å². The number of nitrogens with zero attached hydrogens (tertiary/aromatic N) is 3. The SMILES string of the molecule is CSc1nc(N)cc(N2CCCC(CO)C2)n1. The molecule has 1 fully saturated rings. The highest BCUT2D eigenvalue weighted by Crippen LogP contribution is 2.24. The molecule has 0 amide bonds. The van der Waals surface area contributed by atoms with Crippen molar-refractivity contribution < 1.29 is 5.11 Å². The van der Waals surface area contributed by atoms with Crippen LogP contribution in [0.5, 0.6) is 0 Å². The molecule has 0 radical (unpaired) electrons. The molecule has 1 aliphatic rings. The first-order chi connectivity index (χ1) is 8.22. The molecule has 17 heavy (non-hydrogen) atoms. The average molecular weight is 254 g/mol. The third kappa shape index (κ3) is 3.01. The van der Waals surface area contributed by atoms with Crippen LogP contribution in [0.3, 0.4) is 0 Å². The standard InChI is InChI=1S/C11H18N4OS/c1-17-11-13-9(12)5-10(14-11)15-4-2-3-8(6-15)7-16/h5,8,16H,2-4,6-7H2,1H3,(H2,12,13,14). The Morgan fingerprint density at radius 2 is 2.41 bits per heavy atom. The van der Waals surface area contributed by atoms with Crippen molar-refractivity contribution in [2.75, 3.05) is 36.6 Å². The first-order valence-electron chi connectivity index (χ1n) is 5.77. The molecule has 0 bridgehead atoms. The molecular weight excluding hydrogens is 236 g/mol. The summed E-state index contributed by atoms with van der Waals surface area (Å²) in [6.07, 6.45) is 4.11. The van der Waals surface area contributed by atoms with Crippen LogP contribution in [0.25, 0.3) is 0 Å². The van der Waals surface area contributed by atoms with E-state index in [2.05, 4.69) is 14.9 Å². The number of aliphatic hydroxyl groups is 1. The van der Waals surface area contributed by atoms with Gasteiger partial charge in [0.05, 0.1) is 0 Å². The van der Waals surface area contributed by atoms with Gasteiger partial charge in [-0.05, 0) is 25.0 Å². The Labute approximate surface area is 105 Å². The Morgan fingerprint density at radius 1 is 1.59 bits per heavy atom. The third-order valence-electron chi connectivity index (χ3n) is 3.00. The molecule has 0 saturated carbocycles. The smallest absolute Gasteiger partial charge is 0.191 e. The van der Waals surface area contributed by atoms with Gasteiger partial charge < -0.3 is 15.7 Å². The van der Waals surface area contributed by atoms with E-state index in [1.807, 2.05) is 6.26 Å². The fourth-order valence-corrected chi connectivity index (χ4v) is 2.49. The molecule has 1 aromatic rings. The van der Waals surface area contributed by atoms with E-state index in [1.54, 1.807) is 6.07 Å². The molecule has 1 saturated heterocycles. The predicted octanol–water partition coefficient (Wildman–Crippen LogP) is 0.989. The van der Waals surface area contributed by atoms with Crippen molar-refractivity contribution in [2.24, 2.45) is 5.92 Å². The first-order valence-corrected chi connectivity index (χ1v) is 6.99. The molecule has 0 aromatic carbocycles. The minimum atomic E-state index is 0.243. The molecule has 1 aliphatic heterocycles. The van der Waals surface area contributed by atoms with Crippen LogP contribution >= 0.6 is 11.8 Å². The number of anilines is 2. The van der Waals surface area contributed by atoms with Gasteiger partial charge in [0.1, 0.15) is 11.6 Å². The summed E-state index contributed by atoms with van der Waals surface area (Å²) in [7, 11) is 0. The number of thioether (sulfide) groups is 1. The molecule has 94 valence electrons. The van der Waals surface area contributed by atoms with Crippen molar-refractivity contribution in [1.29, 1.82) is 0 Å². The fourth-order valence-electron chi connectivity index (χ4n) is 2.11. The van der Waals surface area contributed by atoms with Crippen LogP contribution in [0.15, 0.2) is 11.2 Å². The summed E-state index contributed by atoms with van der Waals surface area (Å²) in [6.45, 7) is 2.06. The number of hydrogen-bond acceptors (Lipinski definition) is 6. The van der Waals surface area contributed by atoms with Crippen LogP contribution in [0, 0.1) is 5.92 Å². The van der Waals surface area contributed by atoms with Crippen molar-refractivity contribution in [1.82, 2.24) is 9.97 Å². The van der Waals surface area contributed by atoms with Gasteiger partial charge in [-0.1, -0.05) is 11.8 Å². The average Bonchev–Trinajstić information content (AvgIpc) is 2.38. The number of nitrogen functional groups attached to an aromatic ring is 1. The predicted molar refractivity (Wildman–Crippen MR) is 70.2 cm³/mol. The second kappa shape index (κ2) is 5.55.